The van der Waals surface area contributed by atoms with E-state index >= 15 is 0 Å². The Kier molecular flexibility index (Phi) is 7.73. The lowest BCUT2D eigenvalue weighted by Crippen LogP contribution is -2.47. The third kappa shape index (κ3) is 5.99. The van der Waals surface area contributed by atoms with Crippen molar-refractivity contribution in [1.82, 2.24) is 5.06 Å². The van der Waals surface area contributed by atoms with Gasteiger partial charge in [-0.15, -0.1) is 5.06 Å². The number of unbranched alkanes of at least 4 members (excludes halogenated alkanes) is 3. The first-order valence-electron chi connectivity index (χ1n) is 10.3. The standard InChI is InChI=1S/C23H30N2O3/c1-2-3-4-8-19-27-22-13-11-21(12-14-22)24-15-17-25(18-16-24)28-23(26)20-9-6-5-7-10-20/h5-7,9-14H,2-4,8,15-19H2,1H3. The van der Waals surface area contributed by atoms with Gasteiger partial charge in [0.25, 0.3) is 0 Å². The van der Waals surface area contributed by atoms with E-state index in [4.69, 9.17) is 9.57 Å². The Hall–Kier alpha value is -2.53. The van der Waals surface area contributed by atoms with Crippen molar-refractivity contribution in [1.29, 1.82) is 0 Å². The molecular formula is C23H30N2O3. The van der Waals surface area contributed by atoms with Gasteiger partial charge >= 0.3 is 5.97 Å². The second kappa shape index (κ2) is 10.7. The number of carbonyl (C=O) groups is 1. The second-order valence-corrected chi connectivity index (χ2v) is 7.06. The zero-order valence-corrected chi connectivity index (χ0v) is 16.7. The van der Waals surface area contributed by atoms with E-state index in [0.717, 1.165) is 31.9 Å². The van der Waals surface area contributed by atoms with E-state index in [1.54, 1.807) is 17.2 Å². The van der Waals surface area contributed by atoms with Crippen LogP contribution in [0.3, 0.4) is 0 Å². The molecule has 0 bridgehead atoms. The number of nitrogens with zero attached hydrogens (tertiary/aromatic N) is 2. The fourth-order valence-corrected chi connectivity index (χ4v) is 3.25. The molecule has 0 unspecified atom stereocenters. The largest absolute Gasteiger partial charge is 0.494 e. The van der Waals surface area contributed by atoms with Crippen LogP contribution in [-0.4, -0.2) is 43.8 Å². The molecule has 5 nitrogen and oxygen atoms in total. The van der Waals surface area contributed by atoms with Crippen molar-refractivity contribution in [2.75, 3.05) is 37.7 Å². The van der Waals surface area contributed by atoms with E-state index < -0.39 is 0 Å². The van der Waals surface area contributed by atoms with Gasteiger partial charge in [-0.05, 0) is 42.8 Å². The summed E-state index contributed by atoms with van der Waals surface area (Å²) in [5.74, 6) is 0.630. The zero-order valence-electron chi connectivity index (χ0n) is 16.7. The molecule has 1 aliphatic heterocycles. The van der Waals surface area contributed by atoms with Crippen LogP contribution in [0.1, 0.15) is 43.0 Å². The first kappa shape index (κ1) is 20.2. The number of rotatable bonds is 9. The lowest BCUT2D eigenvalue weighted by Gasteiger charge is -2.34. The molecule has 0 aromatic heterocycles. The maximum absolute atomic E-state index is 12.2. The summed E-state index contributed by atoms with van der Waals surface area (Å²) >= 11 is 0. The molecule has 5 heteroatoms. The molecular weight excluding hydrogens is 352 g/mol. The first-order valence-corrected chi connectivity index (χ1v) is 10.3. The highest BCUT2D eigenvalue weighted by Crippen LogP contribution is 2.21. The Morgan fingerprint density at radius 1 is 0.893 bits per heavy atom. The molecule has 2 aromatic rings. The van der Waals surface area contributed by atoms with Crippen molar-refractivity contribution in [3.8, 4) is 5.75 Å². The Labute approximate surface area is 167 Å². The van der Waals surface area contributed by atoms with Crippen LogP contribution in [0.5, 0.6) is 5.75 Å². The molecule has 0 amide bonds. The van der Waals surface area contributed by atoms with Crippen molar-refractivity contribution in [3.63, 3.8) is 0 Å². The third-order valence-corrected chi connectivity index (χ3v) is 4.93. The van der Waals surface area contributed by atoms with Crippen LogP contribution in [0.25, 0.3) is 0 Å². The average molecular weight is 383 g/mol. The molecule has 0 N–H and O–H groups in total. The summed E-state index contributed by atoms with van der Waals surface area (Å²) in [7, 11) is 0. The van der Waals surface area contributed by atoms with E-state index in [0.29, 0.717) is 18.7 Å². The Morgan fingerprint density at radius 2 is 1.61 bits per heavy atom. The van der Waals surface area contributed by atoms with Gasteiger partial charge in [-0.25, -0.2) is 4.79 Å². The first-order chi connectivity index (χ1) is 13.8. The van der Waals surface area contributed by atoms with Crippen molar-refractivity contribution in [3.05, 3.63) is 60.2 Å². The normalized spacial score (nSPS) is 14.7. The quantitative estimate of drug-likeness (QED) is 0.596. The molecule has 0 aliphatic carbocycles. The molecule has 1 aliphatic rings. The van der Waals surface area contributed by atoms with Gasteiger partial charge in [0.1, 0.15) is 5.75 Å². The monoisotopic (exact) mass is 382 g/mol. The number of hydrogen-bond donors (Lipinski definition) is 0. The molecule has 1 fully saturated rings. The number of piperazine rings is 1. The van der Waals surface area contributed by atoms with Crippen LogP contribution in [-0.2, 0) is 4.84 Å². The predicted molar refractivity (Wildman–Crippen MR) is 112 cm³/mol. The van der Waals surface area contributed by atoms with E-state index in [-0.39, 0.29) is 5.97 Å². The van der Waals surface area contributed by atoms with Crippen LogP contribution >= 0.6 is 0 Å². The summed E-state index contributed by atoms with van der Waals surface area (Å²) in [6.07, 6.45) is 4.86. The Morgan fingerprint density at radius 3 is 2.29 bits per heavy atom. The van der Waals surface area contributed by atoms with Crippen molar-refractivity contribution in [2.45, 2.75) is 32.6 Å². The topological polar surface area (TPSA) is 42.0 Å². The maximum Gasteiger partial charge on any atom is 0.357 e. The van der Waals surface area contributed by atoms with Gasteiger partial charge in [0.15, 0.2) is 0 Å². The van der Waals surface area contributed by atoms with Crippen molar-refractivity contribution >= 4 is 11.7 Å². The van der Waals surface area contributed by atoms with Gasteiger partial charge in [-0.2, -0.15) is 0 Å². The minimum atomic E-state index is -0.297. The highest BCUT2D eigenvalue weighted by Gasteiger charge is 2.21. The van der Waals surface area contributed by atoms with Crippen LogP contribution in [0.4, 0.5) is 5.69 Å². The van der Waals surface area contributed by atoms with Gasteiger partial charge in [0, 0.05) is 18.8 Å². The molecule has 3 rings (SSSR count). The number of hydrogen-bond acceptors (Lipinski definition) is 5. The highest BCUT2D eigenvalue weighted by molar-refractivity contribution is 5.89. The molecule has 0 spiro atoms. The highest BCUT2D eigenvalue weighted by atomic mass is 16.7. The molecule has 0 atom stereocenters. The molecule has 28 heavy (non-hydrogen) atoms. The lowest BCUT2D eigenvalue weighted by atomic mass is 10.2. The minimum absolute atomic E-state index is 0.297. The van der Waals surface area contributed by atoms with Crippen molar-refractivity contribution < 1.29 is 14.4 Å². The zero-order chi connectivity index (χ0) is 19.6. The summed E-state index contributed by atoms with van der Waals surface area (Å²) < 4.78 is 5.81. The average Bonchev–Trinajstić information content (AvgIpc) is 2.75. The van der Waals surface area contributed by atoms with Crippen molar-refractivity contribution in [2.24, 2.45) is 0 Å². The Bertz CT molecular complexity index is 710. The minimum Gasteiger partial charge on any atom is -0.494 e. The number of carbonyl (C=O) groups excluding carboxylic acids is 1. The van der Waals surface area contributed by atoms with Gasteiger partial charge in [-0.1, -0.05) is 44.4 Å². The summed E-state index contributed by atoms with van der Waals surface area (Å²) in [5, 5.41) is 1.75. The molecule has 0 radical (unpaired) electrons. The number of ether oxygens (including phenoxy) is 1. The van der Waals surface area contributed by atoms with E-state index in [1.807, 2.05) is 30.3 Å². The maximum atomic E-state index is 12.2. The molecule has 1 saturated heterocycles. The van der Waals surface area contributed by atoms with Gasteiger partial charge in [-0.3, -0.25) is 0 Å². The summed E-state index contributed by atoms with van der Waals surface area (Å²) in [6.45, 7) is 6.01. The fourth-order valence-electron chi connectivity index (χ4n) is 3.25. The van der Waals surface area contributed by atoms with Crippen LogP contribution in [0, 0.1) is 0 Å². The molecule has 150 valence electrons. The fraction of sp³-hybridized carbons (Fsp3) is 0.435. The number of anilines is 1. The lowest BCUT2D eigenvalue weighted by molar-refractivity contribution is -0.112. The number of hydroxylamine groups is 2. The predicted octanol–water partition coefficient (Wildman–Crippen LogP) is 4.54. The van der Waals surface area contributed by atoms with Crippen LogP contribution in [0.15, 0.2) is 54.6 Å². The molecule has 0 saturated carbocycles. The summed E-state index contributed by atoms with van der Waals surface area (Å²) in [4.78, 5) is 20.0. The number of benzene rings is 2. The SMILES string of the molecule is CCCCCCOc1ccc(N2CCN(OC(=O)c3ccccc3)CC2)cc1. The van der Waals surface area contributed by atoms with E-state index in [2.05, 4.69) is 24.0 Å². The van der Waals surface area contributed by atoms with Crippen LogP contribution in [0.2, 0.25) is 0 Å². The van der Waals surface area contributed by atoms with Gasteiger partial charge in [0.2, 0.25) is 0 Å². The summed E-state index contributed by atoms with van der Waals surface area (Å²) in [5.41, 5.74) is 1.75. The van der Waals surface area contributed by atoms with E-state index in [1.165, 1.54) is 24.9 Å². The van der Waals surface area contributed by atoms with E-state index in [9.17, 15) is 4.79 Å². The molecule has 2 aromatic carbocycles. The Balaban J connectivity index is 1.41. The third-order valence-electron chi connectivity index (χ3n) is 4.93. The van der Waals surface area contributed by atoms with Gasteiger partial charge < -0.3 is 14.5 Å². The summed E-state index contributed by atoms with van der Waals surface area (Å²) in [6, 6.07) is 17.4. The second-order valence-electron chi connectivity index (χ2n) is 7.06. The molecule has 1 heterocycles. The van der Waals surface area contributed by atoms with Crippen LogP contribution < -0.4 is 9.64 Å². The smallest absolute Gasteiger partial charge is 0.357 e. The van der Waals surface area contributed by atoms with Gasteiger partial charge in [0.05, 0.1) is 25.3 Å².